The molecule has 4 aromatic rings. The van der Waals surface area contributed by atoms with Gasteiger partial charge in [-0.05, 0) is 61.7 Å². The first-order chi connectivity index (χ1) is 18.5. The number of carbonyl (C=O) groups is 2. The standard InChI is InChI=1S/C31H33ClN4O2/c1-22(33-31(38)24-16-18-25(32)19-17-24)30-34-27-14-8-9-15-28(27)36(30)21-29(37)35(26-12-6-3-7-13-26)20-23-10-4-2-5-11-23/h2,4-5,8-11,14-19,22,26H,3,6-7,12-13,20-21H2,1H3,(H,33,38). The van der Waals surface area contributed by atoms with Gasteiger partial charge in [0, 0.05) is 23.2 Å². The van der Waals surface area contributed by atoms with Crippen LogP contribution in [0.2, 0.25) is 5.02 Å². The van der Waals surface area contributed by atoms with Gasteiger partial charge in [0.05, 0.1) is 17.1 Å². The summed E-state index contributed by atoms with van der Waals surface area (Å²) in [5.41, 5.74) is 3.33. The molecule has 1 heterocycles. The molecule has 1 atom stereocenters. The minimum Gasteiger partial charge on any atom is -0.342 e. The number of para-hydroxylation sites is 2. The smallest absolute Gasteiger partial charge is 0.251 e. The Balaban J connectivity index is 1.42. The van der Waals surface area contributed by atoms with Crippen LogP contribution in [0.4, 0.5) is 0 Å². The number of nitrogens with zero attached hydrogens (tertiary/aromatic N) is 3. The lowest BCUT2D eigenvalue weighted by molar-refractivity contribution is -0.135. The lowest BCUT2D eigenvalue weighted by Gasteiger charge is -2.35. The Kier molecular flexibility index (Phi) is 8.08. The third kappa shape index (κ3) is 5.91. The maximum absolute atomic E-state index is 14.0. The van der Waals surface area contributed by atoms with Gasteiger partial charge in [0.25, 0.3) is 5.91 Å². The highest BCUT2D eigenvalue weighted by Gasteiger charge is 2.28. The van der Waals surface area contributed by atoms with E-state index in [-0.39, 0.29) is 24.4 Å². The maximum atomic E-state index is 14.0. The number of fused-ring (bicyclic) bond motifs is 1. The van der Waals surface area contributed by atoms with Crippen LogP contribution in [-0.2, 0) is 17.9 Å². The molecule has 1 aliphatic rings. The zero-order chi connectivity index (χ0) is 26.5. The molecular weight excluding hydrogens is 496 g/mol. The van der Waals surface area contributed by atoms with E-state index in [1.54, 1.807) is 24.3 Å². The average molecular weight is 529 g/mol. The highest BCUT2D eigenvalue weighted by molar-refractivity contribution is 6.30. The first-order valence-electron chi connectivity index (χ1n) is 13.3. The van der Waals surface area contributed by atoms with Crippen molar-refractivity contribution in [2.75, 3.05) is 0 Å². The van der Waals surface area contributed by atoms with Crippen molar-refractivity contribution in [3.05, 3.63) is 101 Å². The second-order valence-electron chi connectivity index (χ2n) is 10.0. The Morgan fingerprint density at radius 1 is 0.974 bits per heavy atom. The Labute approximate surface area is 228 Å². The average Bonchev–Trinajstić information content (AvgIpc) is 3.31. The van der Waals surface area contributed by atoms with Gasteiger partial charge in [-0.25, -0.2) is 4.98 Å². The second-order valence-corrected chi connectivity index (χ2v) is 10.5. The predicted molar refractivity (Wildman–Crippen MR) is 151 cm³/mol. The molecule has 5 rings (SSSR count). The van der Waals surface area contributed by atoms with Crippen LogP contribution in [0, 0.1) is 0 Å². The van der Waals surface area contributed by atoms with E-state index >= 15 is 0 Å². The number of imidazole rings is 1. The number of hydrogen-bond donors (Lipinski definition) is 1. The Morgan fingerprint density at radius 3 is 2.39 bits per heavy atom. The van der Waals surface area contributed by atoms with Gasteiger partial charge in [0.15, 0.2) is 0 Å². The van der Waals surface area contributed by atoms with Crippen molar-refractivity contribution in [2.24, 2.45) is 0 Å². The fourth-order valence-corrected chi connectivity index (χ4v) is 5.48. The highest BCUT2D eigenvalue weighted by atomic mass is 35.5. The largest absolute Gasteiger partial charge is 0.342 e. The monoisotopic (exact) mass is 528 g/mol. The number of carbonyl (C=O) groups excluding carboxylic acids is 2. The number of benzene rings is 3. The number of halogens is 1. The molecule has 0 aliphatic heterocycles. The summed E-state index contributed by atoms with van der Waals surface area (Å²) < 4.78 is 1.96. The van der Waals surface area contributed by atoms with Crippen LogP contribution < -0.4 is 5.32 Å². The molecule has 3 aromatic carbocycles. The summed E-state index contributed by atoms with van der Waals surface area (Å²) in [6.45, 7) is 2.66. The van der Waals surface area contributed by atoms with Crippen molar-refractivity contribution in [1.82, 2.24) is 19.8 Å². The van der Waals surface area contributed by atoms with Crippen LogP contribution in [0.1, 0.15) is 66.8 Å². The molecule has 0 spiro atoms. The van der Waals surface area contributed by atoms with E-state index in [9.17, 15) is 9.59 Å². The summed E-state index contributed by atoms with van der Waals surface area (Å²) in [7, 11) is 0. The maximum Gasteiger partial charge on any atom is 0.251 e. The summed E-state index contributed by atoms with van der Waals surface area (Å²) in [6.07, 6.45) is 5.59. The van der Waals surface area contributed by atoms with Crippen molar-refractivity contribution in [1.29, 1.82) is 0 Å². The molecular formula is C31H33ClN4O2. The third-order valence-corrected chi connectivity index (χ3v) is 7.60. The van der Waals surface area contributed by atoms with Gasteiger partial charge in [0.2, 0.25) is 5.91 Å². The van der Waals surface area contributed by atoms with E-state index in [2.05, 4.69) is 22.3 Å². The molecule has 1 fully saturated rings. The molecule has 1 aromatic heterocycles. The van der Waals surface area contributed by atoms with E-state index in [0.717, 1.165) is 42.3 Å². The first-order valence-corrected chi connectivity index (χ1v) is 13.7. The fraction of sp³-hybridized carbons (Fsp3) is 0.323. The summed E-state index contributed by atoms with van der Waals surface area (Å²) in [5.74, 6) is 0.513. The summed E-state index contributed by atoms with van der Waals surface area (Å²) in [4.78, 5) is 33.8. The molecule has 196 valence electrons. The number of hydrogen-bond acceptors (Lipinski definition) is 3. The quantitative estimate of drug-likeness (QED) is 0.282. The van der Waals surface area contributed by atoms with Crippen LogP contribution in [0.3, 0.4) is 0 Å². The van der Waals surface area contributed by atoms with Gasteiger partial charge in [-0.1, -0.05) is 73.3 Å². The molecule has 0 bridgehead atoms. The fourth-order valence-electron chi connectivity index (χ4n) is 5.36. The Hall–Kier alpha value is -3.64. The van der Waals surface area contributed by atoms with Crippen molar-refractivity contribution < 1.29 is 9.59 Å². The van der Waals surface area contributed by atoms with Gasteiger partial charge in [0.1, 0.15) is 12.4 Å². The molecule has 6 nitrogen and oxygen atoms in total. The summed E-state index contributed by atoms with van der Waals surface area (Å²) >= 11 is 5.98. The van der Waals surface area contributed by atoms with Gasteiger partial charge >= 0.3 is 0 Å². The van der Waals surface area contributed by atoms with Gasteiger partial charge < -0.3 is 14.8 Å². The Bertz CT molecular complexity index is 1390. The molecule has 1 aliphatic carbocycles. The van der Waals surface area contributed by atoms with E-state index in [4.69, 9.17) is 16.6 Å². The Morgan fingerprint density at radius 2 is 1.66 bits per heavy atom. The van der Waals surface area contributed by atoms with E-state index in [0.29, 0.717) is 23.0 Å². The van der Waals surface area contributed by atoms with Crippen LogP contribution in [0.15, 0.2) is 78.9 Å². The molecule has 2 amide bonds. The zero-order valence-corrected chi connectivity index (χ0v) is 22.4. The predicted octanol–water partition coefficient (Wildman–Crippen LogP) is 6.54. The van der Waals surface area contributed by atoms with Crippen LogP contribution in [0.5, 0.6) is 0 Å². The number of rotatable bonds is 8. The normalized spacial score (nSPS) is 14.8. The number of amides is 2. The molecule has 1 N–H and O–H groups in total. The lowest BCUT2D eigenvalue weighted by Crippen LogP contribution is -2.43. The highest BCUT2D eigenvalue weighted by Crippen LogP contribution is 2.26. The van der Waals surface area contributed by atoms with E-state index < -0.39 is 6.04 Å². The van der Waals surface area contributed by atoms with Crippen molar-refractivity contribution in [3.63, 3.8) is 0 Å². The zero-order valence-electron chi connectivity index (χ0n) is 21.6. The summed E-state index contributed by atoms with van der Waals surface area (Å²) in [5, 5.41) is 3.63. The van der Waals surface area contributed by atoms with Crippen molar-refractivity contribution in [2.45, 2.75) is 64.2 Å². The van der Waals surface area contributed by atoms with Crippen molar-refractivity contribution >= 4 is 34.4 Å². The van der Waals surface area contributed by atoms with Crippen molar-refractivity contribution in [3.8, 4) is 0 Å². The third-order valence-electron chi connectivity index (χ3n) is 7.35. The minimum atomic E-state index is -0.407. The summed E-state index contributed by atoms with van der Waals surface area (Å²) in [6, 6.07) is 24.6. The SMILES string of the molecule is CC(NC(=O)c1ccc(Cl)cc1)c1nc2ccccc2n1CC(=O)N(Cc1ccccc1)C1CCCCC1. The van der Waals surface area contributed by atoms with E-state index in [1.807, 2.05) is 54.0 Å². The lowest BCUT2D eigenvalue weighted by atomic mass is 9.93. The molecule has 1 unspecified atom stereocenters. The van der Waals surface area contributed by atoms with E-state index in [1.165, 1.54) is 6.42 Å². The van der Waals surface area contributed by atoms with Crippen LogP contribution in [0.25, 0.3) is 11.0 Å². The number of nitrogens with one attached hydrogen (secondary N) is 1. The molecule has 0 saturated heterocycles. The van der Waals surface area contributed by atoms with Gasteiger partial charge in [-0.2, -0.15) is 0 Å². The minimum absolute atomic E-state index is 0.0707. The van der Waals surface area contributed by atoms with Gasteiger partial charge in [-0.3, -0.25) is 9.59 Å². The molecule has 38 heavy (non-hydrogen) atoms. The van der Waals surface area contributed by atoms with Crippen LogP contribution in [-0.4, -0.2) is 32.3 Å². The molecule has 0 radical (unpaired) electrons. The van der Waals surface area contributed by atoms with Gasteiger partial charge in [-0.15, -0.1) is 0 Å². The molecule has 7 heteroatoms. The first kappa shape index (κ1) is 26.0. The molecule has 1 saturated carbocycles. The second kappa shape index (κ2) is 11.8. The topological polar surface area (TPSA) is 67.2 Å². The van der Waals surface area contributed by atoms with Crippen LogP contribution >= 0.6 is 11.6 Å². The number of aromatic nitrogens is 2.